The molecule has 0 atom stereocenters. The highest BCUT2D eigenvalue weighted by atomic mass is 32.1. The molecule has 0 aromatic heterocycles. The van der Waals surface area contributed by atoms with E-state index in [1.54, 1.807) is 0 Å². The Kier molecular flexibility index (Phi) is 4.25. The number of nitrogens with one attached hydrogen (secondary N) is 1. The van der Waals surface area contributed by atoms with Gasteiger partial charge in [-0.25, -0.2) is 0 Å². The van der Waals surface area contributed by atoms with E-state index in [0.717, 1.165) is 25.3 Å². The van der Waals surface area contributed by atoms with E-state index in [1.807, 2.05) is 0 Å². The Balaban J connectivity index is 2.02. The van der Waals surface area contributed by atoms with Crippen LogP contribution in [0.5, 0.6) is 0 Å². The molecule has 0 aliphatic rings. The Bertz CT molecular complexity index is 453. The van der Waals surface area contributed by atoms with Crippen molar-refractivity contribution in [2.45, 2.75) is 13.0 Å². The van der Waals surface area contributed by atoms with Crippen LogP contribution in [0.3, 0.4) is 0 Å². The van der Waals surface area contributed by atoms with Crippen molar-refractivity contribution in [3.63, 3.8) is 0 Å². The third-order valence-electron chi connectivity index (χ3n) is 2.65. The molecule has 0 heterocycles. The molecule has 0 spiro atoms. The number of hydrogen-bond donors (Lipinski definition) is 2. The maximum atomic E-state index is 4.19. The maximum absolute atomic E-state index is 4.19. The first-order valence-electron chi connectivity index (χ1n) is 5.69. The summed E-state index contributed by atoms with van der Waals surface area (Å²) in [5, 5.41) is 6.04. The fourth-order valence-corrected chi connectivity index (χ4v) is 1.94. The summed E-state index contributed by atoms with van der Waals surface area (Å²) in [6.07, 6.45) is 1.12. The first-order chi connectivity index (χ1) is 7.90. The molecule has 2 aromatic carbocycles. The zero-order valence-corrected chi connectivity index (χ0v) is 10.2. The second-order valence-electron chi connectivity index (χ2n) is 3.94. The Morgan fingerprint density at radius 3 is 2.62 bits per heavy atom. The lowest BCUT2D eigenvalue weighted by Crippen LogP contribution is -2.14. The molecule has 0 fully saturated rings. The van der Waals surface area contributed by atoms with Crippen molar-refractivity contribution in [3.8, 4) is 0 Å². The summed E-state index contributed by atoms with van der Waals surface area (Å²) >= 11 is 4.19. The largest absolute Gasteiger partial charge is 0.313 e. The third kappa shape index (κ3) is 3.00. The minimum atomic E-state index is 0.943. The van der Waals surface area contributed by atoms with E-state index >= 15 is 0 Å². The molecule has 0 saturated heterocycles. The van der Waals surface area contributed by atoms with E-state index in [-0.39, 0.29) is 0 Å². The molecular formula is C14H17NS. The maximum Gasteiger partial charge on any atom is 0.0205 e. The van der Waals surface area contributed by atoms with Gasteiger partial charge >= 0.3 is 0 Å². The van der Waals surface area contributed by atoms with Crippen LogP contribution in [0.2, 0.25) is 0 Å². The molecule has 1 nitrogen and oxygen atoms in total. The van der Waals surface area contributed by atoms with E-state index in [0.29, 0.717) is 0 Å². The van der Waals surface area contributed by atoms with Crippen LogP contribution < -0.4 is 5.32 Å². The molecule has 0 amide bonds. The fourth-order valence-electron chi connectivity index (χ4n) is 1.79. The van der Waals surface area contributed by atoms with Gasteiger partial charge in [-0.05, 0) is 41.1 Å². The molecule has 0 unspecified atom stereocenters. The highest BCUT2D eigenvalue weighted by Gasteiger charge is 1.95. The molecule has 0 bridgehead atoms. The van der Waals surface area contributed by atoms with Crippen LogP contribution in [0.15, 0.2) is 42.5 Å². The smallest absolute Gasteiger partial charge is 0.0205 e. The van der Waals surface area contributed by atoms with Crippen molar-refractivity contribution in [1.29, 1.82) is 0 Å². The minimum absolute atomic E-state index is 0.943. The van der Waals surface area contributed by atoms with E-state index in [1.165, 1.54) is 16.3 Å². The Hall–Kier alpha value is -0.990. The van der Waals surface area contributed by atoms with Crippen molar-refractivity contribution >= 4 is 23.4 Å². The Labute approximate surface area is 102 Å². The van der Waals surface area contributed by atoms with Gasteiger partial charge in [0.2, 0.25) is 0 Å². The first-order valence-corrected chi connectivity index (χ1v) is 6.32. The second-order valence-corrected chi connectivity index (χ2v) is 4.38. The molecule has 0 radical (unpaired) electrons. The van der Waals surface area contributed by atoms with E-state index in [9.17, 15) is 0 Å². The lowest BCUT2D eigenvalue weighted by Gasteiger charge is -2.05. The third-order valence-corrected chi connectivity index (χ3v) is 2.97. The lowest BCUT2D eigenvalue weighted by atomic mass is 10.1. The summed E-state index contributed by atoms with van der Waals surface area (Å²) < 4.78 is 0. The molecule has 84 valence electrons. The van der Waals surface area contributed by atoms with Crippen LogP contribution in [-0.4, -0.2) is 12.3 Å². The molecule has 16 heavy (non-hydrogen) atoms. The van der Waals surface area contributed by atoms with Crippen LogP contribution in [0.1, 0.15) is 12.0 Å². The SMILES string of the molecule is SCCCNCc1ccc2ccccc2c1. The van der Waals surface area contributed by atoms with Crippen LogP contribution in [0.25, 0.3) is 10.8 Å². The van der Waals surface area contributed by atoms with Crippen molar-refractivity contribution in [2.24, 2.45) is 0 Å². The highest BCUT2D eigenvalue weighted by Crippen LogP contribution is 2.15. The molecular weight excluding hydrogens is 214 g/mol. The molecule has 2 rings (SSSR count). The molecule has 0 aliphatic heterocycles. The van der Waals surface area contributed by atoms with Gasteiger partial charge in [0.25, 0.3) is 0 Å². The van der Waals surface area contributed by atoms with E-state index in [4.69, 9.17) is 0 Å². The molecule has 2 aromatic rings. The van der Waals surface area contributed by atoms with E-state index < -0.39 is 0 Å². The normalized spacial score (nSPS) is 10.8. The summed E-state index contributed by atoms with van der Waals surface area (Å²) in [4.78, 5) is 0. The standard InChI is InChI=1S/C14H17NS/c16-9-3-8-15-11-12-6-7-13-4-1-2-5-14(13)10-12/h1-2,4-7,10,15-16H,3,8-9,11H2. The summed E-state index contributed by atoms with van der Waals surface area (Å²) in [5.41, 5.74) is 1.35. The molecule has 0 aliphatic carbocycles. The number of thiol groups is 1. The van der Waals surface area contributed by atoms with Crippen molar-refractivity contribution < 1.29 is 0 Å². The van der Waals surface area contributed by atoms with Gasteiger partial charge in [-0.1, -0.05) is 36.4 Å². The van der Waals surface area contributed by atoms with Crippen molar-refractivity contribution in [2.75, 3.05) is 12.3 Å². The zero-order valence-electron chi connectivity index (χ0n) is 9.32. The Morgan fingerprint density at radius 2 is 1.81 bits per heavy atom. The average molecular weight is 231 g/mol. The van der Waals surface area contributed by atoms with Crippen molar-refractivity contribution in [1.82, 2.24) is 5.32 Å². The van der Waals surface area contributed by atoms with Gasteiger partial charge in [-0.15, -0.1) is 0 Å². The van der Waals surface area contributed by atoms with Gasteiger partial charge in [-0.3, -0.25) is 0 Å². The molecule has 0 saturated carbocycles. The summed E-state index contributed by atoms with van der Waals surface area (Å²) in [7, 11) is 0. The predicted octanol–water partition coefficient (Wildman–Crippen LogP) is 3.25. The quantitative estimate of drug-likeness (QED) is 0.594. The van der Waals surface area contributed by atoms with Gasteiger partial charge in [-0.2, -0.15) is 12.6 Å². The van der Waals surface area contributed by atoms with Crippen LogP contribution in [0, 0.1) is 0 Å². The minimum Gasteiger partial charge on any atom is -0.313 e. The van der Waals surface area contributed by atoms with Gasteiger partial charge in [0, 0.05) is 6.54 Å². The zero-order chi connectivity index (χ0) is 11.2. The highest BCUT2D eigenvalue weighted by molar-refractivity contribution is 7.80. The number of benzene rings is 2. The summed E-state index contributed by atoms with van der Waals surface area (Å²) in [5.74, 6) is 0.949. The van der Waals surface area contributed by atoms with Gasteiger partial charge in [0.05, 0.1) is 0 Å². The predicted molar refractivity (Wildman–Crippen MR) is 74.1 cm³/mol. The first kappa shape index (κ1) is 11.5. The number of rotatable bonds is 5. The van der Waals surface area contributed by atoms with Gasteiger partial charge in [0.15, 0.2) is 0 Å². The second kappa shape index (κ2) is 5.92. The number of fused-ring (bicyclic) bond motifs is 1. The summed E-state index contributed by atoms with van der Waals surface area (Å²) in [6, 6.07) is 15.1. The van der Waals surface area contributed by atoms with Crippen LogP contribution in [-0.2, 0) is 6.54 Å². The average Bonchev–Trinajstić information content (AvgIpc) is 2.34. The lowest BCUT2D eigenvalue weighted by molar-refractivity contribution is 0.680. The monoisotopic (exact) mass is 231 g/mol. The van der Waals surface area contributed by atoms with E-state index in [2.05, 4.69) is 60.4 Å². The molecule has 2 heteroatoms. The topological polar surface area (TPSA) is 12.0 Å². The molecule has 1 N–H and O–H groups in total. The summed E-state index contributed by atoms with van der Waals surface area (Å²) in [6.45, 7) is 1.98. The van der Waals surface area contributed by atoms with Gasteiger partial charge in [0.1, 0.15) is 0 Å². The van der Waals surface area contributed by atoms with Crippen LogP contribution in [0.4, 0.5) is 0 Å². The Morgan fingerprint density at radius 1 is 1.00 bits per heavy atom. The van der Waals surface area contributed by atoms with Crippen LogP contribution >= 0.6 is 12.6 Å². The van der Waals surface area contributed by atoms with Crippen molar-refractivity contribution in [3.05, 3.63) is 48.0 Å². The fraction of sp³-hybridized carbons (Fsp3) is 0.286. The number of hydrogen-bond acceptors (Lipinski definition) is 2. The van der Waals surface area contributed by atoms with Gasteiger partial charge < -0.3 is 5.32 Å².